The summed E-state index contributed by atoms with van der Waals surface area (Å²) >= 11 is 0. The second-order valence-corrected chi connectivity index (χ2v) is 6.04. The molecule has 0 saturated heterocycles. The fraction of sp³-hybridized carbons (Fsp3) is 0.562. The van der Waals surface area contributed by atoms with Crippen LogP contribution in [0.15, 0.2) is 18.3 Å². The maximum absolute atomic E-state index is 6.28. The first kappa shape index (κ1) is 13.4. The molecule has 4 heteroatoms. The largest absolute Gasteiger partial charge is 0.490 e. The fourth-order valence-corrected chi connectivity index (χ4v) is 3.14. The van der Waals surface area contributed by atoms with Crippen molar-refractivity contribution >= 4 is 10.9 Å². The molecule has 2 atom stereocenters. The van der Waals surface area contributed by atoms with Crippen LogP contribution >= 0.6 is 0 Å². The Bertz CT molecular complexity index is 590. The van der Waals surface area contributed by atoms with Crippen molar-refractivity contribution in [1.29, 1.82) is 0 Å². The van der Waals surface area contributed by atoms with Gasteiger partial charge in [-0.2, -0.15) is 5.10 Å². The van der Waals surface area contributed by atoms with Gasteiger partial charge in [-0.05, 0) is 58.8 Å². The minimum Gasteiger partial charge on any atom is -0.490 e. The van der Waals surface area contributed by atoms with E-state index in [0.717, 1.165) is 29.5 Å². The lowest BCUT2D eigenvalue weighted by Crippen LogP contribution is -2.37. The maximum atomic E-state index is 6.28. The summed E-state index contributed by atoms with van der Waals surface area (Å²) in [5.74, 6) is 1.00. The van der Waals surface area contributed by atoms with Gasteiger partial charge >= 0.3 is 0 Å². The molecule has 1 heterocycles. The van der Waals surface area contributed by atoms with Crippen molar-refractivity contribution in [3.8, 4) is 5.75 Å². The molecular formula is C16H23N3O. The second-order valence-electron chi connectivity index (χ2n) is 6.04. The zero-order valence-corrected chi connectivity index (χ0v) is 12.5. The molecule has 1 aromatic carbocycles. The van der Waals surface area contributed by atoms with Gasteiger partial charge in [0.15, 0.2) is 0 Å². The molecule has 0 unspecified atom stereocenters. The van der Waals surface area contributed by atoms with E-state index in [-0.39, 0.29) is 0 Å². The fourth-order valence-electron chi connectivity index (χ4n) is 3.14. The predicted octanol–water partition coefficient (Wildman–Crippen LogP) is 3.12. The third-order valence-corrected chi connectivity index (χ3v) is 4.47. The van der Waals surface area contributed by atoms with Crippen molar-refractivity contribution in [2.75, 3.05) is 14.1 Å². The lowest BCUT2D eigenvalue weighted by atomic mass is 9.92. The van der Waals surface area contributed by atoms with Crippen molar-refractivity contribution in [3.05, 3.63) is 23.9 Å². The van der Waals surface area contributed by atoms with E-state index in [1.54, 1.807) is 0 Å². The van der Waals surface area contributed by atoms with Crippen molar-refractivity contribution in [2.45, 2.75) is 44.8 Å². The number of benzene rings is 1. The zero-order chi connectivity index (χ0) is 14.1. The molecule has 0 bridgehead atoms. The first-order chi connectivity index (χ1) is 9.65. The molecule has 1 aliphatic rings. The van der Waals surface area contributed by atoms with E-state index in [9.17, 15) is 0 Å². The number of aromatic nitrogens is 2. The Morgan fingerprint density at radius 3 is 2.95 bits per heavy atom. The van der Waals surface area contributed by atoms with Crippen LogP contribution in [0.5, 0.6) is 5.75 Å². The molecule has 20 heavy (non-hydrogen) atoms. The van der Waals surface area contributed by atoms with Crippen LogP contribution in [-0.2, 0) is 0 Å². The number of H-pyrrole nitrogens is 1. The predicted molar refractivity (Wildman–Crippen MR) is 81.2 cm³/mol. The lowest BCUT2D eigenvalue weighted by Gasteiger charge is -2.33. The Morgan fingerprint density at radius 1 is 1.30 bits per heavy atom. The third-order valence-electron chi connectivity index (χ3n) is 4.47. The second kappa shape index (κ2) is 5.44. The van der Waals surface area contributed by atoms with Gasteiger partial charge in [0.1, 0.15) is 11.9 Å². The van der Waals surface area contributed by atoms with Crippen LogP contribution in [0.4, 0.5) is 0 Å². The molecule has 1 saturated carbocycles. The highest BCUT2D eigenvalue weighted by molar-refractivity contribution is 5.83. The van der Waals surface area contributed by atoms with Crippen LogP contribution in [0.1, 0.15) is 31.2 Å². The first-order valence-corrected chi connectivity index (χ1v) is 7.41. The maximum Gasteiger partial charge on any atom is 0.123 e. The van der Waals surface area contributed by atoms with Crippen molar-refractivity contribution in [1.82, 2.24) is 15.1 Å². The lowest BCUT2D eigenvalue weighted by molar-refractivity contribution is 0.0998. The molecule has 4 nitrogen and oxygen atoms in total. The van der Waals surface area contributed by atoms with Crippen LogP contribution in [0, 0.1) is 6.92 Å². The monoisotopic (exact) mass is 273 g/mol. The van der Waals surface area contributed by atoms with Gasteiger partial charge in [-0.3, -0.25) is 5.10 Å². The molecule has 0 spiro atoms. The Labute approximate surface area is 120 Å². The summed E-state index contributed by atoms with van der Waals surface area (Å²) in [6.45, 7) is 2.11. The van der Waals surface area contributed by atoms with Crippen LogP contribution < -0.4 is 4.74 Å². The van der Waals surface area contributed by atoms with Gasteiger partial charge in [-0.1, -0.05) is 0 Å². The minimum atomic E-state index is 0.333. The van der Waals surface area contributed by atoms with Crippen molar-refractivity contribution in [3.63, 3.8) is 0 Å². The van der Waals surface area contributed by atoms with Gasteiger partial charge in [0.2, 0.25) is 0 Å². The van der Waals surface area contributed by atoms with E-state index in [1.807, 2.05) is 6.20 Å². The normalized spacial score (nSPS) is 23.4. The first-order valence-electron chi connectivity index (χ1n) is 7.41. The van der Waals surface area contributed by atoms with E-state index < -0.39 is 0 Å². The number of ether oxygens (including phenoxy) is 1. The molecule has 3 rings (SSSR count). The highest BCUT2D eigenvalue weighted by Gasteiger charge is 2.25. The number of aromatic amines is 1. The van der Waals surface area contributed by atoms with E-state index >= 15 is 0 Å². The average Bonchev–Trinajstić information content (AvgIpc) is 2.91. The van der Waals surface area contributed by atoms with Gasteiger partial charge in [0.25, 0.3) is 0 Å². The molecule has 2 aromatic rings. The SMILES string of the molecule is Cc1c(O[C@H]2CCC[C@H](N(C)C)C2)ccc2[nH]ncc12. The molecule has 1 N–H and O–H groups in total. The molecule has 0 amide bonds. The third kappa shape index (κ3) is 2.52. The summed E-state index contributed by atoms with van der Waals surface area (Å²) in [5, 5.41) is 8.25. The zero-order valence-electron chi connectivity index (χ0n) is 12.5. The van der Waals surface area contributed by atoms with Gasteiger partial charge in [0, 0.05) is 17.0 Å². The molecule has 0 radical (unpaired) electrons. The smallest absolute Gasteiger partial charge is 0.123 e. The number of hydrogen-bond acceptors (Lipinski definition) is 3. The van der Waals surface area contributed by atoms with E-state index in [1.165, 1.54) is 18.4 Å². The number of hydrogen-bond donors (Lipinski definition) is 1. The van der Waals surface area contributed by atoms with Crippen molar-refractivity contribution < 1.29 is 4.74 Å². The summed E-state index contributed by atoms with van der Waals surface area (Å²) in [6, 6.07) is 4.76. The number of aryl methyl sites for hydroxylation is 1. The van der Waals surface area contributed by atoms with Crippen LogP contribution in [-0.4, -0.2) is 41.3 Å². The molecule has 1 fully saturated rings. The molecular weight excluding hydrogens is 250 g/mol. The van der Waals surface area contributed by atoms with Gasteiger partial charge in [0.05, 0.1) is 11.7 Å². The quantitative estimate of drug-likeness (QED) is 0.934. The number of rotatable bonds is 3. The van der Waals surface area contributed by atoms with Gasteiger partial charge in [-0.25, -0.2) is 0 Å². The van der Waals surface area contributed by atoms with Crippen LogP contribution in [0.25, 0.3) is 10.9 Å². The summed E-state index contributed by atoms with van der Waals surface area (Å²) in [4.78, 5) is 2.32. The standard InChI is InChI=1S/C16H23N3O/c1-11-14-10-17-18-15(14)7-8-16(11)20-13-6-4-5-12(9-13)19(2)3/h7-8,10,12-13H,4-6,9H2,1-3H3,(H,17,18)/t12-,13-/m0/s1. The average molecular weight is 273 g/mol. The Balaban J connectivity index is 1.77. The summed E-state index contributed by atoms with van der Waals surface area (Å²) in [5.41, 5.74) is 2.26. The summed E-state index contributed by atoms with van der Waals surface area (Å²) < 4.78 is 6.28. The van der Waals surface area contributed by atoms with Crippen LogP contribution in [0.3, 0.4) is 0 Å². The van der Waals surface area contributed by atoms with E-state index in [4.69, 9.17) is 4.74 Å². The number of nitrogens with zero attached hydrogens (tertiary/aromatic N) is 2. The molecule has 1 aromatic heterocycles. The topological polar surface area (TPSA) is 41.1 Å². The van der Waals surface area contributed by atoms with E-state index in [0.29, 0.717) is 12.1 Å². The minimum absolute atomic E-state index is 0.333. The summed E-state index contributed by atoms with van der Waals surface area (Å²) in [6.07, 6.45) is 7.02. The Morgan fingerprint density at radius 2 is 2.15 bits per heavy atom. The van der Waals surface area contributed by atoms with E-state index in [2.05, 4.69) is 48.2 Å². The van der Waals surface area contributed by atoms with Crippen molar-refractivity contribution in [2.24, 2.45) is 0 Å². The number of nitrogens with one attached hydrogen (secondary N) is 1. The summed E-state index contributed by atoms with van der Waals surface area (Å²) in [7, 11) is 4.33. The Kier molecular flexibility index (Phi) is 3.66. The highest BCUT2D eigenvalue weighted by Crippen LogP contribution is 2.30. The van der Waals surface area contributed by atoms with Gasteiger partial charge in [-0.15, -0.1) is 0 Å². The molecule has 0 aliphatic heterocycles. The van der Waals surface area contributed by atoms with Gasteiger partial charge < -0.3 is 9.64 Å². The number of fused-ring (bicyclic) bond motifs is 1. The highest BCUT2D eigenvalue weighted by atomic mass is 16.5. The Hall–Kier alpha value is -1.55. The van der Waals surface area contributed by atoms with Crippen LogP contribution in [0.2, 0.25) is 0 Å². The molecule has 1 aliphatic carbocycles. The molecule has 108 valence electrons.